The van der Waals surface area contributed by atoms with Crippen LogP contribution in [0.2, 0.25) is 0 Å². The molecule has 0 aliphatic carbocycles. The van der Waals surface area contributed by atoms with E-state index in [1.54, 1.807) is 6.92 Å². The third-order valence-electron chi connectivity index (χ3n) is 3.60. The minimum Gasteiger partial charge on any atom is -0.480 e. The van der Waals surface area contributed by atoms with Crippen molar-refractivity contribution < 1.29 is 24.3 Å². The Hall–Kier alpha value is -1.57. The first-order valence-corrected chi connectivity index (χ1v) is 11.8. The lowest BCUT2D eigenvalue weighted by molar-refractivity contribution is -0.144. The van der Waals surface area contributed by atoms with Gasteiger partial charge in [-0.25, -0.2) is 0 Å². The molecule has 0 heterocycles. The predicted molar refractivity (Wildman–Crippen MR) is 126 cm³/mol. The third-order valence-corrected chi connectivity index (χ3v) is 4.50. The number of carboxylic acids is 1. The Bertz CT molecular complexity index is 482. The van der Waals surface area contributed by atoms with E-state index >= 15 is 0 Å². The van der Waals surface area contributed by atoms with E-state index in [1.807, 2.05) is 13.8 Å². The van der Waals surface area contributed by atoms with Crippen LogP contribution < -0.4 is 5.32 Å². The van der Waals surface area contributed by atoms with Gasteiger partial charge in [-0.15, -0.1) is 0 Å². The summed E-state index contributed by atoms with van der Waals surface area (Å²) in [4.78, 5) is 44.4. The zero-order valence-corrected chi connectivity index (χ0v) is 21.1. The quantitative estimate of drug-likeness (QED) is 0.439. The Labute approximate surface area is 187 Å². The summed E-state index contributed by atoms with van der Waals surface area (Å²) in [6.07, 6.45) is 3.80. The number of hydrogen-bond donors (Lipinski definition) is 2. The number of rotatable bonds is 11. The van der Waals surface area contributed by atoms with Crippen LogP contribution in [-0.2, 0) is 14.4 Å². The molecule has 0 aliphatic rings. The molecule has 0 saturated carbocycles. The summed E-state index contributed by atoms with van der Waals surface area (Å²) < 4.78 is 0. The molecule has 0 aliphatic heterocycles. The summed E-state index contributed by atoms with van der Waals surface area (Å²) >= 11 is 1.24. The highest BCUT2D eigenvalue weighted by Crippen LogP contribution is 2.04. The number of carbonyl (C=O) groups excluding carboxylic acids is 3. The van der Waals surface area contributed by atoms with E-state index in [0.29, 0.717) is 18.9 Å². The average Bonchev–Trinajstić information content (AvgIpc) is 2.65. The lowest BCUT2D eigenvalue weighted by atomic mass is 10.2. The first-order valence-electron chi connectivity index (χ1n) is 10.8. The van der Waals surface area contributed by atoms with Crippen molar-refractivity contribution >= 4 is 34.7 Å². The van der Waals surface area contributed by atoms with Crippen molar-refractivity contribution in [3.63, 3.8) is 0 Å². The van der Waals surface area contributed by atoms with Crippen molar-refractivity contribution in [3.05, 3.63) is 0 Å². The van der Waals surface area contributed by atoms with Crippen LogP contribution in [0.3, 0.4) is 0 Å². The number of carbonyl (C=O) groups is 4. The lowest BCUT2D eigenvalue weighted by Crippen LogP contribution is -2.37. The fourth-order valence-corrected chi connectivity index (χ4v) is 2.43. The van der Waals surface area contributed by atoms with E-state index in [-0.39, 0.29) is 30.0 Å². The molecule has 0 unspecified atom stereocenters. The molecule has 0 aromatic carbocycles. The smallest absolute Gasteiger partial charge is 0.323 e. The Morgan fingerprint density at radius 1 is 1.00 bits per heavy atom. The van der Waals surface area contributed by atoms with Gasteiger partial charge in [0.2, 0.25) is 5.91 Å². The van der Waals surface area contributed by atoms with Gasteiger partial charge in [-0.3, -0.25) is 19.2 Å². The zero-order chi connectivity index (χ0) is 24.1. The first kappa shape index (κ1) is 33.1. The van der Waals surface area contributed by atoms with Gasteiger partial charge in [-0.05, 0) is 25.2 Å². The maximum atomic E-state index is 11.2. The summed E-state index contributed by atoms with van der Waals surface area (Å²) in [6.45, 7) is 16.3. The molecule has 7 nitrogen and oxygen atoms in total. The molecule has 0 radical (unpaired) electrons. The summed E-state index contributed by atoms with van der Waals surface area (Å²) in [5.41, 5.74) is 0. The number of amides is 2. The van der Waals surface area contributed by atoms with Gasteiger partial charge in [-0.1, -0.05) is 73.1 Å². The number of unbranched alkanes of at least 4 members (excludes halogenated alkanes) is 1. The maximum Gasteiger partial charge on any atom is 0.323 e. The second-order valence-corrected chi connectivity index (χ2v) is 8.83. The van der Waals surface area contributed by atoms with Crippen LogP contribution in [0, 0.1) is 11.8 Å². The van der Waals surface area contributed by atoms with Crippen molar-refractivity contribution in [2.75, 3.05) is 25.4 Å². The topological polar surface area (TPSA) is 104 Å². The van der Waals surface area contributed by atoms with Crippen LogP contribution in [0.25, 0.3) is 0 Å². The van der Waals surface area contributed by atoms with Crippen LogP contribution in [0.5, 0.6) is 0 Å². The first-order chi connectivity index (χ1) is 13.9. The van der Waals surface area contributed by atoms with Gasteiger partial charge in [0.25, 0.3) is 5.24 Å². The highest BCUT2D eigenvalue weighted by Gasteiger charge is 2.15. The molecule has 8 heteroatoms. The third kappa shape index (κ3) is 28.6. The summed E-state index contributed by atoms with van der Waals surface area (Å²) in [6, 6.07) is 0. The minimum absolute atomic E-state index is 0.0144. The molecule has 0 aromatic rings. The summed E-state index contributed by atoms with van der Waals surface area (Å²) in [5, 5.41) is 11.0. The standard InChI is InChI=1S/C9H17NO3.C8H15NO2S.C5H12/c1-4-8(11)10(5-7(2)3)6-9(12)13;1-3-4-5-12-8(11)9-6-7(2)10;1-4-5(2)3/h7H,4-6H2,1-3H3,(H,12,13);3-6H2,1-2H3,(H,9,11);5H,4H2,1-3H3. The molecule has 0 aromatic heterocycles. The second kappa shape index (κ2) is 22.1. The van der Waals surface area contributed by atoms with Crippen molar-refractivity contribution in [2.24, 2.45) is 11.8 Å². The van der Waals surface area contributed by atoms with Crippen LogP contribution in [0.4, 0.5) is 4.79 Å². The van der Waals surface area contributed by atoms with Crippen molar-refractivity contribution in [1.82, 2.24) is 10.2 Å². The van der Waals surface area contributed by atoms with Gasteiger partial charge in [0.1, 0.15) is 12.3 Å². The number of thioether (sulfide) groups is 1. The summed E-state index contributed by atoms with van der Waals surface area (Å²) in [7, 11) is 0. The molecule has 0 fully saturated rings. The Morgan fingerprint density at radius 3 is 1.87 bits per heavy atom. The number of carboxylic acid groups (broad SMARTS) is 1. The van der Waals surface area contributed by atoms with E-state index in [2.05, 4.69) is 33.0 Å². The maximum absolute atomic E-state index is 11.2. The van der Waals surface area contributed by atoms with Crippen molar-refractivity contribution in [3.8, 4) is 0 Å². The fraction of sp³-hybridized carbons (Fsp3) is 0.818. The fourth-order valence-electron chi connectivity index (χ4n) is 1.64. The highest BCUT2D eigenvalue weighted by atomic mass is 32.2. The SMILES string of the molecule is CCC(=O)N(CC(=O)O)CC(C)C.CCC(C)C.CCCCSC(=O)NCC(C)=O. The van der Waals surface area contributed by atoms with E-state index in [0.717, 1.165) is 24.5 Å². The number of nitrogens with one attached hydrogen (secondary N) is 1. The van der Waals surface area contributed by atoms with Crippen LogP contribution in [-0.4, -0.2) is 58.3 Å². The average molecular weight is 449 g/mol. The molecule has 0 saturated heterocycles. The van der Waals surface area contributed by atoms with Gasteiger partial charge in [0.05, 0.1) is 6.54 Å². The molecule has 30 heavy (non-hydrogen) atoms. The van der Waals surface area contributed by atoms with Gasteiger partial charge in [-0.2, -0.15) is 0 Å². The normalized spacial score (nSPS) is 9.80. The minimum atomic E-state index is -0.956. The zero-order valence-electron chi connectivity index (χ0n) is 20.2. The number of ketones is 1. The molecule has 0 bridgehead atoms. The second-order valence-electron chi connectivity index (χ2n) is 7.76. The molecule has 2 N–H and O–H groups in total. The van der Waals surface area contributed by atoms with E-state index in [4.69, 9.17) is 5.11 Å². The monoisotopic (exact) mass is 448 g/mol. The molecule has 178 valence electrons. The van der Waals surface area contributed by atoms with Crippen LogP contribution >= 0.6 is 11.8 Å². The highest BCUT2D eigenvalue weighted by molar-refractivity contribution is 8.13. The molecule has 0 spiro atoms. The number of aliphatic carboxylic acids is 1. The van der Waals surface area contributed by atoms with E-state index < -0.39 is 5.97 Å². The Balaban J connectivity index is -0.000000399. The Kier molecular flexibility index (Phi) is 24.4. The van der Waals surface area contributed by atoms with Gasteiger partial charge >= 0.3 is 5.97 Å². The van der Waals surface area contributed by atoms with Gasteiger partial charge < -0.3 is 15.3 Å². The Morgan fingerprint density at radius 2 is 1.53 bits per heavy atom. The molecule has 0 rings (SSSR count). The predicted octanol–water partition coefficient (Wildman–Crippen LogP) is 4.84. The molecular weight excluding hydrogens is 404 g/mol. The number of nitrogens with zero attached hydrogens (tertiary/aromatic N) is 1. The molecule has 0 atom stereocenters. The van der Waals surface area contributed by atoms with E-state index in [9.17, 15) is 19.2 Å². The largest absolute Gasteiger partial charge is 0.480 e. The summed E-state index contributed by atoms with van der Waals surface area (Å²) in [5.74, 6) is 0.947. The van der Waals surface area contributed by atoms with Gasteiger partial charge in [0.15, 0.2) is 0 Å². The van der Waals surface area contributed by atoms with Crippen LogP contribution in [0.15, 0.2) is 0 Å². The van der Waals surface area contributed by atoms with Crippen LogP contribution in [0.1, 0.15) is 81.1 Å². The van der Waals surface area contributed by atoms with Crippen molar-refractivity contribution in [2.45, 2.75) is 81.1 Å². The number of Topliss-reactive ketones (excluding diaryl/α,β-unsaturated/α-hetero) is 1. The van der Waals surface area contributed by atoms with Gasteiger partial charge in [0, 0.05) is 18.7 Å². The van der Waals surface area contributed by atoms with Crippen molar-refractivity contribution in [1.29, 1.82) is 0 Å². The lowest BCUT2D eigenvalue weighted by Gasteiger charge is -2.21. The van der Waals surface area contributed by atoms with E-state index in [1.165, 1.54) is 30.0 Å². The molecule has 2 amide bonds. The molecular formula is C22H44N2O5S. The number of hydrogen-bond acceptors (Lipinski definition) is 5.